The SMILES string of the molecule is CC(NC(=O)CCN1CCCCCC1)c1ccccc1. The third-order valence-corrected chi connectivity index (χ3v) is 4.03. The average Bonchev–Trinajstić information content (AvgIpc) is 2.74. The molecule has 0 aromatic heterocycles. The van der Waals surface area contributed by atoms with E-state index in [0.717, 1.165) is 25.2 Å². The zero-order valence-corrected chi connectivity index (χ0v) is 12.5. The summed E-state index contributed by atoms with van der Waals surface area (Å²) in [6.45, 7) is 5.25. The van der Waals surface area contributed by atoms with E-state index >= 15 is 0 Å². The standard InChI is InChI=1S/C17H26N2O/c1-15(16-9-5-4-6-10-16)18-17(20)11-14-19-12-7-2-3-8-13-19/h4-6,9-10,15H,2-3,7-8,11-14H2,1H3,(H,18,20). The fourth-order valence-corrected chi connectivity index (χ4v) is 2.76. The summed E-state index contributed by atoms with van der Waals surface area (Å²) in [6, 6.07) is 10.2. The lowest BCUT2D eigenvalue weighted by atomic mass is 10.1. The Morgan fingerprint density at radius 1 is 1.15 bits per heavy atom. The van der Waals surface area contributed by atoms with Crippen LogP contribution >= 0.6 is 0 Å². The van der Waals surface area contributed by atoms with E-state index in [1.54, 1.807) is 0 Å². The number of hydrogen-bond donors (Lipinski definition) is 1. The van der Waals surface area contributed by atoms with Crippen LogP contribution in [0, 0.1) is 0 Å². The van der Waals surface area contributed by atoms with E-state index < -0.39 is 0 Å². The summed E-state index contributed by atoms with van der Waals surface area (Å²) in [6.07, 6.45) is 5.85. The maximum atomic E-state index is 12.0. The van der Waals surface area contributed by atoms with Crippen LogP contribution < -0.4 is 5.32 Å². The lowest BCUT2D eigenvalue weighted by Gasteiger charge is -2.20. The van der Waals surface area contributed by atoms with E-state index in [2.05, 4.69) is 22.3 Å². The molecule has 1 aromatic carbocycles. The minimum atomic E-state index is 0.0906. The van der Waals surface area contributed by atoms with Gasteiger partial charge in [0.05, 0.1) is 6.04 Å². The summed E-state index contributed by atoms with van der Waals surface area (Å²) in [5.41, 5.74) is 1.16. The van der Waals surface area contributed by atoms with Crippen LogP contribution in [0.4, 0.5) is 0 Å². The van der Waals surface area contributed by atoms with Gasteiger partial charge in [-0.2, -0.15) is 0 Å². The molecule has 1 unspecified atom stereocenters. The first-order valence-electron chi connectivity index (χ1n) is 7.82. The lowest BCUT2D eigenvalue weighted by Crippen LogP contribution is -2.32. The summed E-state index contributed by atoms with van der Waals surface area (Å²) in [5.74, 6) is 0.158. The van der Waals surface area contributed by atoms with Crippen molar-refractivity contribution < 1.29 is 4.79 Å². The van der Waals surface area contributed by atoms with Gasteiger partial charge >= 0.3 is 0 Å². The van der Waals surface area contributed by atoms with Crippen LogP contribution in [0.3, 0.4) is 0 Å². The molecule has 1 aromatic rings. The summed E-state index contributed by atoms with van der Waals surface area (Å²) in [5, 5.41) is 3.09. The summed E-state index contributed by atoms with van der Waals surface area (Å²) in [7, 11) is 0. The van der Waals surface area contributed by atoms with E-state index in [1.165, 1.54) is 25.7 Å². The zero-order valence-electron chi connectivity index (χ0n) is 12.5. The number of benzene rings is 1. The van der Waals surface area contributed by atoms with Gasteiger partial charge in [-0.05, 0) is 38.4 Å². The highest BCUT2D eigenvalue weighted by Gasteiger charge is 2.12. The van der Waals surface area contributed by atoms with Crippen molar-refractivity contribution in [2.45, 2.75) is 45.1 Å². The average molecular weight is 274 g/mol. The van der Waals surface area contributed by atoms with Crippen LogP contribution in [0.5, 0.6) is 0 Å². The molecule has 1 amide bonds. The van der Waals surface area contributed by atoms with Crippen molar-refractivity contribution in [3.8, 4) is 0 Å². The first-order chi connectivity index (χ1) is 9.75. The second-order valence-electron chi connectivity index (χ2n) is 5.71. The van der Waals surface area contributed by atoms with E-state index in [-0.39, 0.29) is 11.9 Å². The van der Waals surface area contributed by atoms with Gasteiger partial charge in [-0.3, -0.25) is 4.79 Å². The molecule has 0 aliphatic carbocycles. The fraction of sp³-hybridized carbons (Fsp3) is 0.588. The highest BCUT2D eigenvalue weighted by atomic mass is 16.1. The predicted octanol–water partition coefficient (Wildman–Crippen LogP) is 3.13. The number of amides is 1. The number of nitrogens with zero attached hydrogens (tertiary/aromatic N) is 1. The maximum absolute atomic E-state index is 12.0. The van der Waals surface area contributed by atoms with Gasteiger partial charge in [-0.25, -0.2) is 0 Å². The van der Waals surface area contributed by atoms with Gasteiger partial charge in [0.15, 0.2) is 0 Å². The van der Waals surface area contributed by atoms with Crippen LogP contribution in [0.25, 0.3) is 0 Å². The monoisotopic (exact) mass is 274 g/mol. The topological polar surface area (TPSA) is 32.3 Å². The third kappa shape index (κ3) is 4.97. The van der Waals surface area contributed by atoms with Crippen LogP contribution in [-0.2, 0) is 4.79 Å². The second-order valence-corrected chi connectivity index (χ2v) is 5.71. The van der Waals surface area contributed by atoms with Crippen LogP contribution in [0.2, 0.25) is 0 Å². The Bertz CT molecular complexity index is 397. The van der Waals surface area contributed by atoms with Crippen molar-refractivity contribution in [2.75, 3.05) is 19.6 Å². The van der Waals surface area contributed by atoms with Crippen molar-refractivity contribution in [2.24, 2.45) is 0 Å². The van der Waals surface area contributed by atoms with Crippen molar-refractivity contribution >= 4 is 5.91 Å². The predicted molar refractivity (Wildman–Crippen MR) is 82.5 cm³/mol. The highest BCUT2D eigenvalue weighted by Crippen LogP contribution is 2.12. The maximum Gasteiger partial charge on any atom is 0.221 e. The first-order valence-corrected chi connectivity index (χ1v) is 7.82. The molecule has 20 heavy (non-hydrogen) atoms. The smallest absolute Gasteiger partial charge is 0.221 e. The molecule has 2 rings (SSSR count). The van der Waals surface area contributed by atoms with E-state index in [9.17, 15) is 4.79 Å². The van der Waals surface area contributed by atoms with Gasteiger partial charge in [0.2, 0.25) is 5.91 Å². The molecule has 1 aliphatic heterocycles. The molecule has 1 atom stereocenters. The molecule has 3 nitrogen and oxygen atoms in total. The molecule has 1 aliphatic rings. The number of carbonyl (C=O) groups is 1. The Kier molecular flexibility index (Phi) is 6.06. The summed E-state index contributed by atoms with van der Waals surface area (Å²) < 4.78 is 0. The van der Waals surface area contributed by atoms with Gasteiger partial charge in [0, 0.05) is 13.0 Å². The van der Waals surface area contributed by atoms with E-state index in [1.807, 2.05) is 25.1 Å². The van der Waals surface area contributed by atoms with E-state index in [4.69, 9.17) is 0 Å². The number of nitrogens with one attached hydrogen (secondary N) is 1. The molecular weight excluding hydrogens is 248 g/mol. The first kappa shape index (κ1) is 15.0. The molecule has 3 heteroatoms. The molecule has 1 N–H and O–H groups in total. The number of carbonyl (C=O) groups excluding carboxylic acids is 1. The van der Waals surface area contributed by atoms with Crippen LogP contribution in [-0.4, -0.2) is 30.4 Å². The van der Waals surface area contributed by atoms with Crippen molar-refractivity contribution in [3.63, 3.8) is 0 Å². The Morgan fingerprint density at radius 2 is 1.80 bits per heavy atom. The van der Waals surface area contributed by atoms with Crippen LogP contribution in [0.15, 0.2) is 30.3 Å². The Labute approximate surface area is 122 Å². The van der Waals surface area contributed by atoms with Gasteiger partial charge in [-0.1, -0.05) is 43.2 Å². The molecule has 1 saturated heterocycles. The lowest BCUT2D eigenvalue weighted by molar-refractivity contribution is -0.122. The summed E-state index contributed by atoms with van der Waals surface area (Å²) in [4.78, 5) is 14.4. The number of rotatable bonds is 5. The molecule has 1 fully saturated rings. The molecule has 0 radical (unpaired) electrons. The normalized spacial score (nSPS) is 18.2. The zero-order chi connectivity index (χ0) is 14.2. The number of likely N-dealkylation sites (tertiary alicyclic amines) is 1. The summed E-state index contributed by atoms with van der Waals surface area (Å²) >= 11 is 0. The number of hydrogen-bond acceptors (Lipinski definition) is 2. The van der Waals surface area contributed by atoms with Crippen molar-refractivity contribution in [1.29, 1.82) is 0 Å². The second kappa shape index (κ2) is 8.05. The quantitative estimate of drug-likeness (QED) is 0.894. The fourth-order valence-electron chi connectivity index (χ4n) is 2.76. The highest BCUT2D eigenvalue weighted by molar-refractivity contribution is 5.76. The molecule has 110 valence electrons. The van der Waals surface area contributed by atoms with Gasteiger partial charge in [0.1, 0.15) is 0 Å². The Hall–Kier alpha value is -1.35. The van der Waals surface area contributed by atoms with Crippen molar-refractivity contribution in [1.82, 2.24) is 10.2 Å². The Morgan fingerprint density at radius 3 is 2.45 bits per heavy atom. The molecule has 1 heterocycles. The molecule has 0 bridgehead atoms. The minimum Gasteiger partial charge on any atom is -0.350 e. The minimum absolute atomic E-state index is 0.0906. The molecule has 0 saturated carbocycles. The Balaban J connectivity index is 1.72. The van der Waals surface area contributed by atoms with Crippen molar-refractivity contribution in [3.05, 3.63) is 35.9 Å². The molecular formula is C17H26N2O. The van der Waals surface area contributed by atoms with Gasteiger partial charge < -0.3 is 10.2 Å². The largest absolute Gasteiger partial charge is 0.350 e. The third-order valence-electron chi connectivity index (χ3n) is 4.03. The van der Waals surface area contributed by atoms with Gasteiger partial charge in [-0.15, -0.1) is 0 Å². The van der Waals surface area contributed by atoms with E-state index in [0.29, 0.717) is 6.42 Å². The van der Waals surface area contributed by atoms with Crippen LogP contribution in [0.1, 0.15) is 50.6 Å². The molecule has 0 spiro atoms. The van der Waals surface area contributed by atoms with Gasteiger partial charge in [0.25, 0.3) is 0 Å².